The van der Waals surface area contributed by atoms with Crippen LogP contribution in [0.15, 0.2) is 36.7 Å². The number of methoxy groups -OCH3 is 1. The lowest BCUT2D eigenvalue weighted by atomic mass is 10.3. The number of amides is 2. The monoisotopic (exact) mass is 339 g/mol. The fourth-order valence-electron chi connectivity index (χ4n) is 1.69. The van der Waals surface area contributed by atoms with E-state index in [4.69, 9.17) is 16.3 Å². The lowest BCUT2D eigenvalue weighted by molar-refractivity contribution is -0.136. The number of anilines is 1. The molecule has 0 aliphatic rings. The van der Waals surface area contributed by atoms with Gasteiger partial charge in [-0.15, -0.1) is 11.3 Å². The van der Waals surface area contributed by atoms with Crippen LogP contribution in [0.3, 0.4) is 0 Å². The molecular weight excluding hydrogens is 326 g/mol. The molecule has 0 radical (unpaired) electrons. The molecule has 0 aliphatic carbocycles. The normalized spacial score (nSPS) is 11.7. The number of nitrogens with one attached hydrogen (secondary N) is 2. The maximum Gasteiger partial charge on any atom is 0.313 e. The third-order valence-electron chi connectivity index (χ3n) is 2.77. The Bertz CT molecular complexity index is 648. The highest BCUT2D eigenvalue weighted by atomic mass is 35.5. The summed E-state index contributed by atoms with van der Waals surface area (Å²) in [6.45, 7) is 0.173. The second-order valence-corrected chi connectivity index (χ2v) is 6.02. The van der Waals surface area contributed by atoms with Crippen molar-refractivity contribution in [3.05, 3.63) is 45.9 Å². The highest BCUT2D eigenvalue weighted by molar-refractivity contribution is 7.16. The van der Waals surface area contributed by atoms with Crippen molar-refractivity contribution in [3.8, 4) is 0 Å². The van der Waals surface area contributed by atoms with E-state index in [0.717, 1.165) is 4.88 Å². The molecule has 2 aromatic rings. The fourth-order valence-corrected chi connectivity index (χ4v) is 2.83. The molecule has 0 aliphatic heterocycles. The van der Waals surface area contributed by atoms with Crippen molar-refractivity contribution >= 4 is 40.4 Å². The molecule has 1 atom stereocenters. The minimum Gasteiger partial charge on any atom is -0.374 e. The Morgan fingerprint density at radius 2 is 2.18 bits per heavy atom. The number of hydrogen-bond donors (Lipinski definition) is 2. The van der Waals surface area contributed by atoms with E-state index in [1.54, 1.807) is 24.4 Å². The number of pyridine rings is 1. The standard InChI is InChI=1S/C14H14ClN3O3S/c1-21-10(11-4-5-12(15)22-11)8-17-13(19)14(20)18-9-3-2-6-16-7-9/h2-7,10H,8H2,1H3,(H,17,19)(H,18,20). The third-order valence-corrected chi connectivity index (χ3v) is 4.09. The molecular formula is C14H14ClN3O3S. The van der Waals surface area contributed by atoms with Gasteiger partial charge in [-0.05, 0) is 24.3 Å². The van der Waals surface area contributed by atoms with E-state index in [9.17, 15) is 9.59 Å². The van der Waals surface area contributed by atoms with E-state index in [1.165, 1.54) is 24.6 Å². The smallest absolute Gasteiger partial charge is 0.313 e. The number of rotatable bonds is 5. The van der Waals surface area contributed by atoms with Crippen LogP contribution < -0.4 is 10.6 Å². The maximum absolute atomic E-state index is 11.8. The van der Waals surface area contributed by atoms with Crippen LogP contribution in [0.4, 0.5) is 5.69 Å². The van der Waals surface area contributed by atoms with Crippen molar-refractivity contribution < 1.29 is 14.3 Å². The lowest BCUT2D eigenvalue weighted by Gasteiger charge is -2.14. The van der Waals surface area contributed by atoms with Gasteiger partial charge in [0.1, 0.15) is 6.10 Å². The highest BCUT2D eigenvalue weighted by Crippen LogP contribution is 2.28. The summed E-state index contributed by atoms with van der Waals surface area (Å²) in [7, 11) is 1.53. The molecule has 2 aromatic heterocycles. The van der Waals surface area contributed by atoms with E-state index in [2.05, 4.69) is 15.6 Å². The molecule has 22 heavy (non-hydrogen) atoms. The van der Waals surface area contributed by atoms with Crippen LogP contribution in [0.1, 0.15) is 11.0 Å². The Hall–Kier alpha value is -1.96. The molecule has 0 fully saturated rings. The zero-order valence-corrected chi connectivity index (χ0v) is 13.3. The van der Waals surface area contributed by atoms with Crippen LogP contribution >= 0.6 is 22.9 Å². The molecule has 6 nitrogen and oxygen atoms in total. The van der Waals surface area contributed by atoms with Gasteiger partial charge >= 0.3 is 11.8 Å². The quantitative estimate of drug-likeness (QED) is 0.819. The summed E-state index contributed by atoms with van der Waals surface area (Å²) in [4.78, 5) is 28.3. The molecule has 0 saturated heterocycles. The van der Waals surface area contributed by atoms with E-state index >= 15 is 0 Å². The topological polar surface area (TPSA) is 80.3 Å². The zero-order chi connectivity index (χ0) is 15.9. The predicted octanol–water partition coefficient (Wildman–Crippen LogP) is 2.24. The molecule has 2 heterocycles. The van der Waals surface area contributed by atoms with Gasteiger partial charge < -0.3 is 15.4 Å². The zero-order valence-electron chi connectivity index (χ0n) is 11.7. The summed E-state index contributed by atoms with van der Waals surface area (Å²) in [5, 5.41) is 4.98. The predicted molar refractivity (Wildman–Crippen MR) is 85.0 cm³/mol. The lowest BCUT2D eigenvalue weighted by Crippen LogP contribution is -2.37. The number of hydrogen-bond acceptors (Lipinski definition) is 5. The van der Waals surface area contributed by atoms with Gasteiger partial charge in [0.25, 0.3) is 0 Å². The van der Waals surface area contributed by atoms with Gasteiger partial charge in [-0.2, -0.15) is 0 Å². The molecule has 2 amide bonds. The van der Waals surface area contributed by atoms with Crippen LogP contribution in [0.2, 0.25) is 4.34 Å². The molecule has 1 unspecified atom stereocenters. The van der Waals surface area contributed by atoms with E-state index in [1.807, 2.05) is 6.07 Å². The van der Waals surface area contributed by atoms with Crippen LogP contribution in [0, 0.1) is 0 Å². The van der Waals surface area contributed by atoms with Crippen LogP contribution in [0.25, 0.3) is 0 Å². The first kappa shape index (κ1) is 16.4. The summed E-state index contributed by atoms with van der Waals surface area (Å²) < 4.78 is 5.93. The molecule has 0 saturated carbocycles. The van der Waals surface area contributed by atoms with Gasteiger partial charge in [-0.25, -0.2) is 0 Å². The maximum atomic E-state index is 11.8. The number of carbonyl (C=O) groups excluding carboxylic acids is 2. The Morgan fingerprint density at radius 1 is 1.36 bits per heavy atom. The molecule has 2 N–H and O–H groups in total. The molecule has 0 aromatic carbocycles. The second-order valence-electron chi connectivity index (χ2n) is 4.27. The summed E-state index contributed by atoms with van der Waals surface area (Å²) in [6.07, 6.45) is 2.68. The van der Waals surface area contributed by atoms with E-state index < -0.39 is 11.8 Å². The van der Waals surface area contributed by atoms with Gasteiger partial charge in [0.2, 0.25) is 0 Å². The highest BCUT2D eigenvalue weighted by Gasteiger charge is 2.18. The number of ether oxygens (including phenoxy) is 1. The molecule has 2 rings (SSSR count). The average molecular weight is 340 g/mol. The minimum atomic E-state index is -0.757. The van der Waals surface area contributed by atoms with Crippen LogP contribution in [0.5, 0.6) is 0 Å². The number of carbonyl (C=O) groups is 2. The number of halogens is 1. The first-order chi connectivity index (χ1) is 10.6. The van der Waals surface area contributed by atoms with Gasteiger partial charge in [0.05, 0.1) is 16.2 Å². The Kier molecular flexibility index (Phi) is 5.88. The number of thiophene rings is 1. The van der Waals surface area contributed by atoms with Crippen molar-refractivity contribution in [3.63, 3.8) is 0 Å². The molecule has 0 spiro atoms. The molecule has 8 heteroatoms. The second kappa shape index (κ2) is 7.88. The first-order valence-electron chi connectivity index (χ1n) is 6.37. The summed E-state index contributed by atoms with van der Waals surface area (Å²) in [5.74, 6) is -1.50. The van der Waals surface area contributed by atoms with Crippen molar-refractivity contribution in [2.45, 2.75) is 6.10 Å². The number of nitrogens with zero attached hydrogens (tertiary/aromatic N) is 1. The fraction of sp³-hybridized carbons (Fsp3) is 0.214. The SMILES string of the molecule is COC(CNC(=O)C(=O)Nc1cccnc1)c1ccc(Cl)s1. The Labute approximate surface area is 136 Å². The first-order valence-corrected chi connectivity index (χ1v) is 7.57. The number of aromatic nitrogens is 1. The molecule has 0 bridgehead atoms. The Balaban J connectivity index is 1.87. The van der Waals surface area contributed by atoms with Gasteiger partial charge in [-0.3, -0.25) is 14.6 Å². The van der Waals surface area contributed by atoms with Gasteiger partial charge in [-0.1, -0.05) is 11.6 Å². The Morgan fingerprint density at radius 3 is 2.77 bits per heavy atom. The van der Waals surface area contributed by atoms with Crippen LogP contribution in [-0.4, -0.2) is 30.5 Å². The van der Waals surface area contributed by atoms with Crippen molar-refractivity contribution in [2.24, 2.45) is 0 Å². The van der Waals surface area contributed by atoms with Gasteiger partial charge in [0.15, 0.2) is 0 Å². The summed E-state index contributed by atoms with van der Waals surface area (Å²) in [6, 6.07) is 6.88. The van der Waals surface area contributed by atoms with Gasteiger partial charge in [0, 0.05) is 24.7 Å². The third kappa shape index (κ3) is 4.52. The van der Waals surface area contributed by atoms with Crippen molar-refractivity contribution in [1.29, 1.82) is 0 Å². The largest absolute Gasteiger partial charge is 0.374 e. The van der Waals surface area contributed by atoms with E-state index in [-0.39, 0.29) is 12.6 Å². The van der Waals surface area contributed by atoms with Crippen LogP contribution in [-0.2, 0) is 14.3 Å². The minimum absolute atomic E-state index is 0.173. The average Bonchev–Trinajstić information content (AvgIpc) is 2.95. The summed E-state index contributed by atoms with van der Waals surface area (Å²) >= 11 is 7.23. The van der Waals surface area contributed by atoms with Crippen molar-refractivity contribution in [2.75, 3.05) is 19.0 Å². The van der Waals surface area contributed by atoms with Crippen molar-refractivity contribution in [1.82, 2.24) is 10.3 Å². The van der Waals surface area contributed by atoms with E-state index in [0.29, 0.717) is 10.0 Å². The summed E-state index contributed by atoms with van der Waals surface area (Å²) in [5.41, 5.74) is 0.455. The molecule has 116 valence electrons.